The third kappa shape index (κ3) is 3.83. The zero-order valence-corrected chi connectivity index (χ0v) is 11.2. The first-order valence-electron chi connectivity index (χ1n) is 5.91. The van der Waals surface area contributed by atoms with Gasteiger partial charge in [0.05, 0.1) is 13.2 Å². The van der Waals surface area contributed by atoms with Crippen LogP contribution in [0.1, 0.15) is 40.3 Å². The van der Waals surface area contributed by atoms with Crippen molar-refractivity contribution in [1.29, 1.82) is 0 Å². The third-order valence-electron chi connectivity index (χ3n) is 2.32. The maximum Gasteiger partial charge on any atom is 0.422 e. The van der Waals surface area contributed by atoms with Crippen molar-refractivity contribution in [3.05, 3.63) is 34.3 Å². The molecule has 0 aliphatic rings. The summed E-state index contributed by atoms with van der Waals surface area (Å²) in [6, 6.07) is 0.388. The fourth-order valence-electron chi connectivity index (χ4n) is 1.49. The molecule has 6 nitrogen and oxygen atoms in total. The van der Waals surface area contributed by atoms with E-state index in [9.17, 15) is 28.0 Å². The topological polar surface area (TPSA) is 79.5 Å². The molecule has 1 aromatic heterocycles. The minimum Gasteiger partial charge on any atom is -0.618 e. The van der Waals surface area contributed by atoms with Gasteiger partial charge < -0.3 is 14.7 Å². The van der Waals surface area contributed by atoms with Crippen LogP contribution >= 0.6 is 0 Å². The zero-order valence-electron chi connectivity index (χ0n) is 11.2. The summed E-state index contributed by atoms with van der Waals surface area (Å²) in [4.78, 5) is 23.3. The van der Waals surface area contributed by atoms with E-state index in [1.165, 1.54) is 13.8 Å². The average Bonchev–Trinajstić information content (AvgIpc) is 2.37. The molecular formula is C12H12F3NO5. The van der Waals surface area contributed by atoms with Gasteiger partial charge in [-0.15, -0.1) is 0 Å². The van der Waals surface area contributed by atoms with Gasteiger partial charge in [0.15, 0.2) is 6.20 Å². The van der Waals surface area contributed by atoms with E-state index in [1.807, 2.05) is 0 Å². The number of ether oxygens (including phenoxy) is 2. The lowest BCUT2D eigenvalue weighted by molar-refractivity contribution is -0.609. The van der Waals surface area contributed by atoms with Gasteiger partial charge >= 0.3 is 23.8 Å². The molecule has 0 spiro atoms. The van der Waals surface area contributed by atoms with Gasteiger partial charge in [-0.2, -0.15) is 17.9 Å². The van der Waals surface area contributed by atoms with Gasteiger partial charge in [-0.25, -0.2) is 9.59 Å². The van der Waals surface area contributed by atoms with Crippen LogP contribution in [0, 0.1) is 5.21 Å². The van der Waals surface area contributed by atoms with Gasteiger partial charge in [0, 0.05) is 0 Å². The van der Waals surface area contributed by atoms with Crippen molar-refractivity contribution < 1.29 is 37.0 Å². The molecule has 1 heterocycles. The van der Waals surface area contributed by atoms with E-state index in [0.29, 0.717) is 6.07 Å². The Hall–Kier alpha value is -2.32. The second-order valence-corrected chi connectivity index (χ2v) is 3.76. The van der Waals surface area contributed by atoms with Crippen LogP contribution in [-0.4, -0.2) is 25.2 Å². The second kappa shape index (κ2) is 6.42. The molecule has 0 fully saturated rings. The number of halogens is 3. The number of nitrogens with zero attached hydrogens (tertiary/aromatic N) is 1. The summed E-state index contributed by atoms with van der Waals surface area (Å²) in [6.07, 6.45) is -4.68. The molecule has 0 unspecified atom stereocenters. The van der Waals surface area contributed by atoms with Crippen molar-refractivity contribution in [2.45, 2.75) is 20.0 Å². The number of esters is 2. The maximum absolute atomic E-state index is 12.7. The van der Waals surface area contributed by atoms with Crippen molar-refractivity contribution in [3.8, 4) is 0 Å². The van der Waals surface area contributed by atoms with Gasteiger partial charge in [0.1, 0.15) is 11.1 Å². The Labute approximate surface area is 117 Å². The first-order valence-corrected chi connectivity index (χ1v) is 5.91. The Bertz CT molecular complexity index is 557. The second-order valence-electron chi connectivity index (χ2n) is 3.76. The summed E-state index contributed by atoms with van der Waals surface area (Å²) in [7, 11) is 0. The highest BCUT2D eigenvalue weighted by Crippen LogP contribution is 2.29. The number of pyridine rings is 1. The number of hydrogen-bond acceptors (Lipinski definition) is 5. The van der Waals surface area contributed by atoms with Crippen LogP contribution in [-0.2, 0) is 15.7 Å². The van der Waals surface area contributed by atoms with E-state index in [1.54, 1.807) is 0 Å². The lowest BCUT2D eigenvalue weighted by atomic mass is 10.1. The average molecular weight is 307 g/mol. The fourth-order valence-corrected chi connectivity index (χ4v) is 1.49. The molecule has 0 saturated heterocycles. The Morgan fingerprint density at radius 3 is 2.19 bits per heavy atom. The van der Waals surface area contributed by atoms with Gasteiger partial charge in [0.25, 0.3) is 0 Å². The Morgan fingerprint density at radius 1 is 1.19 bits per heavy atom. The van der Waals surface area contributed by atoms with Crippen LogP contribution in [0.5, 0.6) is 0 Å². The SMILES string of the molecule is CCOC(=O)c1cc(C(F)(F)F)c[n+]([O-])c1C(=O)OCC. The Morgan fingerprint density at radius 2 is 1.71 bits per heavy atom. The predicted octanol–water partition coefficient (Wildman–Crippen LogP) is 1.69. The van der Waals surface area contributed by atoms with E-state index in [4.69, 9.17) is 0 Å². The molecule has 9 heteroatoms. The van der Waals surface area contributed by atoms with Crippen LogP contribution in [0.4, 0.5) is 13.2 Å². The summed E-state index contributed by atoms with van der Waals surface area (Å²) >= 11 is 0. The maximum atomic E-state index is 12.7. The number of hydrogen-bond donors (Lipinski definition) is 0. The van der Waals surface area contributed by atoms with E-state index in [-0.39, 0.29) is 24.1 Å². The minimum atomic E-state index is -4.85. The molecule has 0 aliphatic carbocycles. The minimum absolute atomic E-state index is 0.109. The molecule has 0 N–H and O–H groups in total. The van der Waals surface area contributed by atoms with E-state index in [0.717, 1.165) is 0 Å². The normalized spacial score (nSPS) is 11.1. The Balaban J connectivity index is 3.48. The zero-order chi connectivity index (χ0) is 16.2. The lowest BCUT2D eigenvalue weighted by Gasteiger charge is -2.12. The fraction of sp³-hybridized carbons (Fsp3) is 0.417. The summed E-state index contributed by atoms with van der Waals surface area (Å²) in [5, 5.41) is 11.6. The van der Waals surface area contributed by atoms with Crippen molar-refractivity contribution in [3.63, 3.8) is 0 Å². The van der Waals surface area contributed by atoms with Crippen molar-refractivity contribution in [2.75, 3.05) is 13.2 Å². The highest BCUT2D eigenvalue weighted by atomic mass is 19.4. The van der Waals surface area contributed by atoms with E-state index in [2.05, 4.69) is 9.47 Å². The molecule has 0 aromatic carbocycles. The Kier molecular flexibility index (Phi) is 5.12. The van der Waals surface area contributed by atoms with Gasteiger partial charge in [-0.05, 0) is 19.9 Å². The molecule has 0 bridgehead atoms. The van der Waals surface area contributed by atoms with Crippen LogP contribution in [0.25, 0.3) is 0 Å². The number of aromatic nitrogens is 1. The summed E-state index contributed by atoms with van der Waals surface area (Å²) in [5.74, 6) is -2.42. The lowest BCUT2D eigenvalue weighted by Crippen LogP contribution is -2.39. The molecule has 0 amide bonds. The van der Waals surface area contributed by atoms with Crippen molar-refractivity contribution in [2.24, 2.45) is 0 Å². The molecular weight excluding hydrogens is 295 g/mol. The van der Waals surface area contributed by atoms with Crippen LogP contribution < -0.4 is 4.73 Å². The molecule has 0 saturated carbocycles. The predicted molar refractivity (Wildman–Crippen MR) is 62.3 cm³/mol. The third-order valence-corrected chi connectivity index (χ3v) is 2.32. The number of alkyl halides is 3. The van der Waals surface area contributed by atoms with E-state index < -0.39 is 34.9 Å². The molecule has 0 radical (unpaired) electrons. The first-order chi connectivity index (χ1) is 9.72. The monoisotopic (exact) mass is 307 g/mol. The quantitative estimate of drug-likeness (QED) is 0.480. The largest absolute Gasteiger partial charge is 0.618 e. The van der Waals surface area contributed by atoms with Crippen LogP contribution in [0.2, 0.25) is 0 Å². The number of rotatable bonds is 4. The highest BCUT2D eigenvalue weighted by Gasteiger charge is 2.38. The molecule has 116 valence electrons. The smallest absolute Gasteiger partial charge is 0.422 e. The van der Waals surface area contributed by atoms with Gasteiger partial charge in [-0.1, -0.05) is 0 Å². The molecule has 1 aromatic rings. The standard InChI is InChI=1S/C12H12F3NO5/c1-3-20-10(17)8-5-7(12(13,14)15)6-16(19)9(8)11(18)21-4-2/h5-6H,3-4H2,1-2H3. The highest BCUT2D eigenvalue weighted by molar-refractivity contribution is 6.00. The summed E-state index contributed by atoms with van der Waals surface area (Å²) in [6.45, 7) is 2.64. The van der Waals surface area contributed by atoms with Crippen LogP contribution in [0.3, 0.4) is 0 Å². The first kappa shape index (κ1) is 16.7. The number of carbonyl (C=O) groups is 2. The number of carbonyl (C=O) groups excluding carboxylic acids is 2. The van der Waals surface area contributed by atoms with Gasteiger partial charge in [-0.3, -0.25) is 0 Å². The molecule has 0 aliphatic heterocycles. The summed E-state index contributed by atoms with van der Waals surface area (Å²) in [5.41, 5.74) is -3.00. The van der Waals surface area contributed by atoms with Crippen LogP contribution in [0.15, 0.2) is 12.3 Å². The molecule has 0 atom stereocenters. The van der Waals surface area contributed by atoms with Gasteiger partial charge in [0.2, 0.25) is 0 Å². The molecule has 21 heavy (non-hydrogen) atoms. The molecule has 1 rings (SSSR count). The van der Waals surface area contributed by atoms with Crippen molar-refractivity contribution in [1.82, 2.24) is 0 Å². The van der Waals surface area contributed by atoms with Crippen molar-refractivity contribution >= 4 is 11.9 Å². The summed E-state index contributed by atoms with van der Waals surface area (Å²) < 4.78 is 46.7. The van der Waals surface area contributed by atoms with E-state index >= 15 is 0 Å².